The minimum atomic E-state index is -0.747. The molecular weight excluding hydrogens is 424 g/mol. The Balaban J connectivity index is 1.53. The van der Waals surface area contributed by atoms with E-state index >= 15 is 0 Å². The molecule has 0 saturated carbocycles. The van der Waals surface area contributed by atoms with Crippen LogP contribution in [0.15, 0.2) is 65.6 Å². The largest absolute Gasteiger partial charge is 0.356 e. The van der Waals surface area contributed by atoms with Crippen molar-refractivity contribution in [2.45, 2.75) is 31.6 Å². The van der Waals surface area contributed by atoms with Gasteiger partial charge in [-0.05, 0) is 61.1 Å². The summed E-state index contributed by atoms with van der Waals surface area (Å²) in [6.07, 6.45) is 9.32. The maximum absolute atomic E-state index is 14.3. The zero-order valence-corrected chi connectivity index (χ0v) is 18.0. The Morgan fingerprint density at radius 3 is 2.48 bits per heavy atom. The summed E-state index contributed by atoms with van der Waals surface area (Å²) in [4.78, 5) is 15.6. The van der Waals surface area contributed by atoms with E-state index in [0.29, 0.717) is 12.2 Å². The van der Waals surface area contributed by atoms with Gasteiger partial charge in [0.2, 0.25) is 0 Å². The van der Waals surface area contributed by atoms with E-state index in [-0.39, 0.29) is 17.4 Å². The van der Waals surface area contributed by atoms with E-state index in [2.05, 4.69) is 31.1 Å². The third-order valence-electron chi connectivity index (χ3n) is 5.96. The number of benzene rings is 1. The molecule has 4 heterocycles. The van der Waals surface area contributed by atoms with Crippen molar-refractivity contribution in [2.24, 2.45) is 0 Å². The van der Waals surface area contributed by atoms with Crippen molar-refractivity contribution in [3.63, 3.8) is 0 Å². The van der Waals surface area contributed by atoms with E-state index in [1.807, 2.05) is 18.2 Å². The molecule has 1 atom stereocenters. The number of piperidine rings is 1. The third kappa shape index (κ3) is 4.46. The smallest absolute Gasteiger partial charge is 0.263 e. The highest BCUT2D eigenvalue weighted by Gasteiger charge is 2.26. The van der Waals surface area contributed by atoms with Crippen molar-refractivity contribution in [2.75, 3.05) is 18.0 Å². The monoisotopic (exact) mass is 447 g/mol. The van der Waals surface area contributed by atoms with Crippen LogP contribution in [-0.2, 0) is 6.42 Å². The van der Waals surface area contributed by atoms with Crippen molar-refractivity contribution in [3.05, 3.63) is 89.6 Å². The van der Waals surface area contributed by atoms with Crippen LogP contribution < -0.4 is 4.90 Å². The normalized spacial score (nSPS) is 14.9. The predicted molar refractivity (Wildman–Crippen MR) is 120 cm³/mol. The van der Waals surface area contributed by atoms with Gasteiger partial charge < -0.3 is 9.42 Å². The molecule has 0 N–H and O–H groups in total. The summed E-state index contributed by atoms with van der Waals surface area (Å²) >= 11 is 0. The fraction of sp³-hybridized carbons (Fsp3) is 0.280. The summed E-state index contributed by atoms with van der Waals surface area (Å²) in [7, 11) is 0. The second-order valence-corrected chi connectivity index (χ2v) is 8.13. The Labute approximate surface area is 190 Å². The molecule has 6 nitrogen and oxygen atoms in total. The highest BCUT2D eigenvalue weighted by Crippen LogP contribution is 2.32. The van der Waals surface area contributed by atoms with E-state index in [9.17, 15) is 8.78 Å². The highest BCUT2D eigenvalue weighted by atomic mass is 19.1. The van der Waals surface area contributed by atoms with Gasteiger partial charge in [0.25, 0.3) is 5.89 Å². The van der Waals surface area contributed by atoms with Crippen molar-refractivity contribution in [3.8, 4) is 11.5 Å². The summed E-state index contributed by atoms with van der Waals surface area (Å²) in [5, 5.41) is 4.11. The Morgan fingerprint density at radius 1 is 0.939 bits per heavy atom. The lowest BCUT2D eigenvalue weighted by molar-refractivity contribution is 0.414. The van der Waals surface area contributed by atoms with Gasteiger partial charge >= 0.3 is 0 Å². The fourth-order valence-electron chi connectivity index (χ4n) is 4.32. The quantitative estimate of drug-likeness (QED) is 0.406. The number of anilines is 1. The maximum atomic E-state index is 14.3. The number of hydrogen-bond donors (Lipinski definition) is 0. The van der Waals surface area contributed by atoms with Gasteiger partial charge in [-0.15, -0.1) is 0 Å². The van der Waals surface area contributed by atoms with Gasteiger partial charge in [0.1, 0.15) is 23.0 Å². The Hall–Kier alpha value is -3.68. The molecule has 1 saturated heterocycles. The molecule has 0 radical (unpaired) electrons. The van der Waals surface area contributed by atoms with Crippen LogP contribution in [0.1, 0.15) is 42.1 Å². The van der Waals surface area contributed by atoms with Crippen LogP contribution in [0.5, 0.6) is 0 Å². The topological polar surface area (TPSA) is 67.9 Å². The van der Waals surface area contributed by atoms with E-state index in [4.69, 9.17) is 4.52 Å². The van der Waals surface area contributed by atoms with Crippen molar-refractivity contribution < 1.29 is 13.3 Å². The molecule has 1 aromatic carbocycles. The lowest BCUT2D eigenvalue weighted by atomic mass is 9.92. The lowest BCUT2D eigenvalue weighted by Gasteiger charge is -2.30. The molecule has 0 spiro atoms. The van der Waals surface area contributed by atoms with E-state index < -0.39 is 11.6 Å². The van der Waals surface area contributed by atoms with Crippen molar-refractivity contribution in [1.29, 1.82) is 0 Å². The molecule has 8 heteroatoms. The first-order valence-corrected chi connectivity index (χ1v) is 11.1. The molecule has 1 unspecified atom stereocenters. The molecule has 5 rings (SSSR count). The first-order valence-electron chi connectivity index (χ1n) is 11.1. The zero-order valence-electron chi connectivity index (χ0n) is 18.0. The number of aromatic nitrogens is 4. The molecule has 33 heavy (non-hydrogen) atoms. The fourth-order valence-corrected chi connectivity index (χ4v) is 4.32. The van der Waals surface area contributed by atoms with Gasteiger partial charge in [-0.25, -0.2) is 13.8 Å². The predicted octanol–water partition coefficient (Wildman–Crippen LogP) is 5.17. The van der Waals surface area contributed by atoms with Crippen LogP contribution in [0.3, 0.4) is 0 Å². The molecule has 0 amide bonds. The van der Waals surface area contributed by atoms with Gasteiger partial charge in [-0.1, -0.05) is 23.4 Å². The van der Waals surface area contributed by atoms with Gasteiger partial charge in [0, 0.05) is 31.7 Å². The van der Waals surface area contributed by atoms with Crippen molar-refractivity contribution in [1.82, 2.24) is 20.1 Å². The van der Waals surface area contributed by atoms with E-state index in [1.165, 1.54) is 24.6 Å². The van der Waals surface area contributed by atoms with Gasteiger partial charge in [0.05, 0.1) is 5.92 Å². The average Bonchev–Trinajstić information content (AvgIpc) is 3.33. The molecule has 0 aliphatic carbocycles. The first kappa shape index (κ1) is 21.2. The third-order valence-corrected chi connectivity index (χ3v) is 5.96. The molecule has 1 aliphatic rings. The Morgan fingerprint density at radius 2 is 1.73 bits per heavy atom. The van der Waals surface area contributed by atoms with Crippen molar-refractivity contribution >= 4 is 5.82 Å². The Bertz CT molecular complexity index is 1200. The molecule has 4 aromatic rings. The SMILES string of the molecule is Fc1cccc(F)c1-c1nc(C(Cc2cccnc2N2CCCCC2)c2cccnc2)no1. The number of hydrogen-bond acceptors (Lipinski definition) is 6. The molecular formula is C25H23F2N5O. The first-order chi connectivity index (χ1) is 16.2. The Kier molecular flexibility index (Phi) is 6.06. The summed E-state index contributed by atoms with van der Waals surface area (Å²) in [5.74, 6) is -0.703. The number of rotatable bonds is 6. The van der Waals surface area contributed by atoms with Gasteiger partial charge in [0.15, 0.2) is 5.82 Å². The minimum Gasteiger partial charge on any atom is -0.356 e. The number of nitrogens with zero attached hydrogens (tertiary/aromatic N) is 5. The number of halogens is 2. The van der Waals surface area contributed by atoms with Crippen LogP contribution >= 0.6 is 0 Å². The highest BCUT2D eigenvalue weighted by molar-refractivity contribution is 5.55. The average molecular weight is 447 g/mol. The minimum absolute atomic E-state index is 0.183. The zero-order chi connectivity index (χ0) is 22.6. The van der Waals surface area contributed by atoms with Crippen LogP contribution in [0, 0.1) is 11.6 Å². The van der Waals surface area contributed by atoms with E-state index in [1.54, 1.807) is 18.6 Å². The molecule has 168 valence electrons. The summed E-state index contributed by atoms with van der Waals surface area (Å²) in [6, 6.07) is 11.4. The molecule has 0 bridgehead atoms. The summed E-state index contributed by atoms with van der Waals surface area (Å²) in [5.41, 5.74) is 1.61. The van der Waals surface area contributed by atoms with Gasteiger partial charge in [-0.2, -0.15) is 4.98 Å². The van der Waals surface area contributed by atoms with Crippen LogP contribution in [0.2, 0.25) is 0 Å². The summed E-state index contributed by atoms with van der Waals surface area (Å²) in [6.45, 7) is 1.95. The summed E-state index contributed by atoms with van der Waals surface area (Å²) < 4.78 is 33.9. The van der Waals surface area contributed by atoms with Gasteiger partial charge in [-0.3, -0.25) is 4.98 Å². The standard InChI is InChI=1S/C25H23F2N5O/c26-20-9-4-10-21(27)22(20)25-30-23(31-33-25)19(18-8-5-11-28-16-18)15-17-7-6-12-29-24(17)32-13-2-1-3-14-32/h4-12,16,19H,1-3,13-15H2. The van der Waals surface area contributed by atoms with Crippen LogP contribution in [-0.4, -0.2) is 33.2 Å². The van der Waals surface area contributed by atoms with Crippen LogP contribution in [0.25, 0.3) is 11.5 Å². The molecule has 1 fully saturated rings. The lowest BCUT2D eigenvalue weighted by Crippen LogP contribution is -2.31. The van der Waals surface area contributed by atoms with E-state index in [0.717, 1.165) is 42.9 Å². The number of pyridine rings is 2. The second kappa shape index (κ2) is 9.44. The second-order valence-electron chi connectivity index (χ2n) is 8.13. The maximum Gasteiger partial charge on any atom is 0.263 e. The molecule has 1 aliphatic heterocycles. The molecule has 3 aromatic heterocycles. The van der Waals surface area contributed by atoms with Crippen LogP contribution in [0.4, 0.5) is 14.6 Å².